The lowest BCUT2D eigenvalue weighted by atomic mass is 10.1. The van der Waals surface area contributed by atoms with E-state index in [2.05, 4.69) is 0 Å². The van der Waals surface area contributed by atoms with Gasteiger partial charge in [0, 0.05) is 0 Å². The fourth-order valence-electron chi connectivity index (χ4n) is 2.98. The number of fused-ring (bicyclic) bond motifs is 1. The summed E-state index contributed by atoms with van der Waals surface area (Å²) < 4.78 is 21.3. The molecule has 0 atom stereocenters. The summed E-state index contributed by atoms with van der Waals surface area (Å²) >= 11 is 0. The lowest BCUT2D eigenvalue weighted by Crippen LogP contribution is -2.10. The maximum atomic E-state index is 12.5. The van der Waals surface area contributed by atoms with Crippen LogP contribution in [0.25, 0.3) is 0 Å². The van der Waals surface area contributed by atoms with Crippen LogP contribution in [-0.2, 0) is 12.8 Å². The molecule has 1 aliphatic carbocycles. The number of esters is 1. The number of hydrogen-bond donors (Lipinski definition) is 0. The molecule has 3 rings (SSSR count). The van der Waals surface area contributed by atoms with Crippen molar-refractivity contribution in [3.63, 3.8) is 0 Å². The van der Waals surface area contributed by atoms with E-state index in [4.69, 9.17) is 18.9 Å². The van der Waals surface area contributed by atoms with Crippen molar-refractivity contribution in [3.05, 3.63) is 47.0 Å². The molecule has 0 radical (unpaired) electrons. The van der Waals surface area contributed by atoms with Crippen LogP contribution in [0.3, 0.4) is 0 Å². The summed E-state index contributed by atoms with van der Waals surface area (Å²) in [5, 5.41) is 0. The quantitative estimate of drug-likeness (QED) is 0.622. The molecule has 0 amide bonds. The summed E-state index contributed by atoms with van der Waals surface area (Å²) in [5.41, 5.74) is 2.93. The van der Waals surface area contributed by atoms with Gasteiger partial charge in [0.25, 0.3) is 0 Å². The first-order valence-corrected chi connectivity index (χ1v) is 7.80. The van der Waals surface area contributed by atoms with Crippen LogP contribution < -0.4 is 18.9 Å². The third-order valence-corrected chi connectivity index (χ3v) is 4.18. The van der Waals surface area contributed by atoms with Gasteiger partial charge in [0.05, 0.1) is 26.9 Å². The number of benzene rings is 2. The van der Waals surface area contributed by atoms with E-state index in [1.54, 1.807) is 12.1 Å². The Bertz CT molecular complexity index is 741. The van der Waals surface area contributed by atoms with Gasteiger partial charge < -0.3 is 18.9 Å². The van der Waals surface area contributed by atoms with Crippen molar-refractivity contribution in [2.75, 3.05) is 21.3 Å². The highest BCUT2D eigenvalue weighted by Gasteiger charge is 2.19. The maximum absolute atomic E-state index is 12.5. The van der Waals surface area contributed by atoms with Crippen LogP contribution in [0, 0.1) is 0 Å². The first-order valence-electron chi connectivity index (χ1n) is 7.80. The lowest BCUT2D eigenvalue weighted by Gasteiger charge is -2.14. The zero-order chi connectivity index (χ0) is 17.1. The molecular formula is C19H20O5. The zero-order valence-corrected chi connectivity index (χ0v) is 14.0. The van der Waals surface area contributed by atoms with Crippen molar-refractivity contribution >= 4 is 5.97 Å². The minimum absolute atomic E-state index is 0.338. The average molecular weight is 328 g/mol. The minimum atomic E-state index is -0.466. The predicted molar refractivity (Wildman–Crippen MR) is 89.5 cm³/mol. The molecule has 0 fully saturated rings. The van der Waals surface area contributed by atoms with Crippen molar-refractivity contribution in [1.82, 2.24) is 0 Å². The largest absolute Gasteiger partial charge is 0.493 e. The summed E-state index contributed by atoms with van der Waals surface area (Å²) in [6.07, 6.45) is 3.28. The summed E-state index contributed by atoms with van der Waals surface area (Å²) in [6, 6.07) is 8.96. The van der Waals surface area contributed by atoms with Crippen LogP contribution in [0.4, 0.5) is 0 Å². The summed E-state index contributed by atoms with van der Waals surface area (Å²) in [4.78, 5) is 12.5. The molecule has 0 N–H and O–H groups in total. The molecule has 1 aliphatic rings. The third kappa shape index (κ3) is 3.02. The molecule has 0 aliphatic heterocycles. The van der Waals surface area contributed by atoms with Gasteiger partial charge in [0.1, 0.15) is 5.75 Å². The number of carbonyl (C=O) groups is 1. The number of rotatable bonds is 5. The second-order valence-electron chi connectivity index (χ2n) is 5.59. The van der Waals surface area contributed by atoms with Crippen molar-refractivity contribution in [1.29, 1.82) is 0 Å². The summed E-state index contributed by atoms with van der Waals surface area (Å²) in [7, 11) is 4.53. The van der Waals surface area contributed by atoms with E-state index in [-0.39, 0.29) is 0 Å². The standard InChI is InChI=1S/C19H20O5/c1-21-16-10-14(11-17(22-2)18(16)23-3)19(20)24-15-8-7-12-5-4-6-13(12)9-15/h7-11H,4-6H2,1-3H3. The van der Waals surface area contributed by atoms with Gasteiger partial charge in [-0.05, 0) is 54.7 Å². The molecule has 2 aromatic rings. The maximum Gasteiger partial charge on any atom is 0.343 e. The highest BCUT2D eigenvalue weighted by molar-refractivity contribution is 5.92. The van der Waals surface area contributed by atoms with E-state index < -0.39 is 5.97 Å². The number of aryl methyl sites for hydroxylation is 2. The van der Waals surface area contributed by atoms with Crippen LogP contribution in [0.15, 0.2) is 30.3 Å². The van der Waals surface area contributed by atoms with Gasteiger partial charge in [-0.2, -0.15) is 0 Å². The predicted octanol–water partition coefficient (Wildman–Crippen LogP) is 3.42. The molecule has 24 heavy (non-hydrogen) atoms. The van der Waals surface area contributed by atoms with Crippen LogP contribution in [-0.4, -0.2) is 27.3 Å². The molecule has 0 saturated carbocycles. The fraction of sp³-hybridized carbons (Fsp3) is 0.316. The number of methoxy groups -OCH3 is 3. The zero-order valence-electron chi connectivity index (χ0n) is 14.0. The Labute approximate surface area is 141 Å². The van der Waals surface area contributed by atoms with E-state index in [1.807, 2.05) is 18.2 Å². The van der Waals surface area contributed by atoms with Crippen LogP contribution in [0.5, 0.6) is 23.0 Å². The van der Waals surface area contributed by atoms with Crippen molar-refractivity contribution in [2.24, 2.45) is 0 Å². The molecule has 0 saturated heterocycles. The second-order valence-corrected chi connectivity index (χ2v) is 5.59. The molecule has 2 aromatic carbocycles. The highest BCUT2D eigenvalue weighted by atomic mass is 16.5. The van der Waals surface area contributed by atoms with Crippen LogP contribution >= 0.6 is 0 Å². The van der Waals surface area contributed by atoms with Gasteiger partial charge in [0.15, 0.2) is 11.5 Å². The van der Waals surface area contributed by atoms with Gasteiger partial charge in [0.2, 0.25) is 5.75 Å². The van der Waals surface area contributed by atoms with E-state index in [9.17, 15) is 4.79 Å². The molecule has 0 heterocycles. The Morgan fingerprint density at radius 3 is 2.17 bits per heavy atom. The van der Waals surface area contributed by atoms with Gasteiger partial charge in [-0.3, -0.25) is 0 Å². The highest BCUT2D eigenvalue weighted by Crippen LogP contribution is 2.38. The van der Waals surface area contributed by atoms with Gasteiger partial charge in [-0.15, -0.1) is 0 Å². The molecule has 0 spiro atoms. The first-order chi connectivity index (χ1) is 11.7. The molecule has 0 aromatic heterocycles. The van der Waals surface area contributed by atoms with Gasteiger partial charge >= 0.3 is 5.97 Å². The second kappa shape index (κ2) is 6.83. The third-order valence-electron chi connectivity index (χ3n) is 4.18. The fourth-order valence-corrected chi connectivity index (χ4v) is 2.98. The monoisotopic (exact) mass is 328 g/mol. The molecular weight excluding hydrogens is 308 g/mol. The average Bonchev–Trinajstić information content (AvgIpc) is 3.07. The smallest absolute Gasteiger partial charge is 0.343 e. The molecule has 0 bridgehead atoms. The van der Waals surface area contributed by atoms with E-state index in [0.717, 1.165) is 19.3 Å². The molecule has 5 nitrogen and oxygen atoms in total. The molecule has 0 unspecified atom stereocenters. The minimum Gasteiger partial charge on any atom is -0.493 e. The Morgan fingerprint density at radius 1 is 0.875 bits per heavy atom. The number of carbonyl (C=O) groups excluding carboxylic acids is 1. The Hall–Kier alpha value is -2.69. The number of ether oxygens (including phenoxy) is 4. The van der Waals surface area contributed by atoms with E-state index in [1.165, 1.54) is 32.5 Å². The molecule has 126 valence electrons. The van der Waals surface area contributed by atoms with Crippen LogP contribution in [0.1, 0.15) is 27.9 Å². The van der Waals surface area contributed by atoms with Crippen molar-refractivity contribution < 1.29 is 23.7 Å². The lowest BCUT2D eigenvalue weighted by molar-refractivity contribution is 0.0733. The SMILES string of the molecule is COc1cc(C(=O)Oc2ccc3c(c2)CCC3)cc(OC)c1OC. The van der Waals surface area contributed by atoms with Crippen molar-refractivity contribution in [2.45, 2.75) is 19.3 Å². The first kappa shape index (κ1) is 16.2. The van der Waals surface area contributed by atoms with Gasteiger partial charge in [-0.25, -0.2) is 4.79 Å². The summed E-state index contributed by atoms with van der Waals surface area (Å²) in [6.45, 7) is 0. The van der Waals surface area contributed by atoms with Crippen molar-refractivity contribution in [3.8, 4) is 23.0 Å². The topological polar surface area (TPSA) is 54.0 Å². The van der Waals surface area contributed by atoms with E-state index >= 15 is 0 Å². The van der Waals surface area contributed by atoms with Crippen LogP contribution in [0.2, 0.25) is 0 Å². The molecule has 5 heteroatoms. The normalized spacial score (nSPS) is 12.5. The number of hydrogen-bond acceptors (Lipinski definition) is 5. The Morgan fingerprint density at radius 2 is 1.54 bits per heavy atom. The summed E-state index contributed by atoms with van der Waals surface area (Å²) in [5.74, 6) is 1.35. The Balaban J connectivity index is 1.87. The van der Waals surface area contributed by atoms with E-state index in [0.29, 0.717) is 28.6 Å². The Kier molecular flexibility index (Phi) is 4.60. The van der Waals surface area contributed by atoms with Gasteiger partial charge in [-0.1, -0.05) is 6.07 Å².